The van der Waals surface area contributed by atoms with Gasteiger partial charge in [-0.25, -0.2) is 0 Å². The van der Waals surface area contributed by atoms with Crippen LogP contribution < -0.4 is 11.1 Å². The van der Waals surface area contributed by atoms with E-state index in [2.05, 4.69) is 26.2 Å². The van der Waals surface area contributed by atoms with Crippen LogP contribution in [-0.4, -0.2) is 17.6 Å². The van der Waals surface area contributed by atoms with E-state index in [9.17, 15) is 0 Å². The highest BCUT2D eigenvalue weighted by Crippen LogP contribution is 2.26. The minimum Gasteiger partial charge on any atom is -0.384 e. The van der Waals surface area contributed by atoms with Gasteiger partial charge in [0.25, 0.3) is 0 Å². The van der Waals surface area contributed by atoms with Crippen molar-refractivity contribution in [1.82, 2.24) is 4.98 Å². The smallest absolute Gasteiger partial charge is 0.0590 e. The lowest BCUT2D eigenvalue weighted by atomic mass is 10.0. The Balaban J connectivity index is 1.90. The van der Waals surface area contributed by atoms with Crippen molar-refractivity contribution in [3.8, 4) is 0 Å². The molecule has 15 heavy (non-hydrogen) atoms. The van der Waals surface area contributed by atoms with E-state index in [1.165, 1.54) is 19.3 Å². The molecule has 0 bridgehead atoms. The lowest BCUT2D eigenvalue weighted by Crippen LogP contribution is -2.29. The zero-order valence-corrected chi connectivity index (χ0v) is 10.2. The summed E-state index contributed by atoms with van der Waals surface area (Å²) in [4.78, 5) is 4.03. The van der Waals surface area contributed by atoms with Crippen molar-refractivity contribution in [2.75, 3.05) is 11.9 Å². The van der Waals surface area contributed by atoms with Crippen LogP contribution in [0.25, 0.3) is 0 Å². The van der Waals surface area contributed by atoms with Crippen molar-refractivity contribution < 1.29 is 0 Å². The molecule has 82 valence electrons. The molecule has 4 heteroatoms. The van der Waals surface area contributed by atoms with Crippen LogP contribution in [0.2, 0.25) is 0 Å². The Morgan fingerprint density at radius 2 is 2.40 bits per heavy atom. The van der Waals surface area contributed by atoms with Gasteiger partial charge in [0.05, 0.1) is 10.2 Å². The predicted molar refractivity (Wildman–Crippen MR) is 65.7 cm³/mol. The van der Waals surface area contributed by atoms with E-state index in [4.69, 9.17) is 5.73 Å². The molecular weight excluding hydrogens is 254 g/mol. The summed E-state index contributed by atoms with van der Waals surface area (Å²) in [7, 11) is 0. The normalized spacial score (nSPS) is 25.5. The summed E-state index contributed by atoms with van der Waals surface area (Å²) in [5.74, 6) is 0.616. The number of halogens is 1. The number of nitrogens with one attached hydrogen (secondary N) is 1. The van der Waals surface area contributed by atoms with Crippen molar-refractivity contribution in [2.24, 2.45) is 11.7 Å². The van der Waals surface area contributed by atoms with Gasteiger partial charge in [0.2, 0.25) is 0 Å². The van der Waals surface area contributed by atoms with Gasteiger partial charge in [-0.1, -0.05) is 6.42 Å². The summed E-state index contributed by atoms with van der Waals surface area (Å²) in [6.45, 7) is 0.962. The van der Waals surface area contributed by atoms with Crippen LogP contribution >= 0.6 is 15.9 Å². The Morgan fingerprint density at radius 1 is 1.53 bits per heavy atom. The van der Waals surface area contributed by atoms with Gasteiger partial charge < -0.3 is 11.1 Å². The van der Waals surface area contributed by atoms with Crippen LogP contribution in [0, 0.1) is 5.92 Å². The fourth-order valence-corrected chi connectivity index (χ4v) is 2.47. The van der Waals surface area contributed by atoms with Crippen LogP contribution in [0.5, 0.6) is 0 Å². The fourth-order valence-electron chi connectivity index (χ4n) is 2.08. The number of aromatic nitrogens is 1. The van der Waals surface area contributed by atoms with E-state index < -0.39 is 0 Å². The molecule has 1 aromatic rings. The molecule has 1 heterocycles. The third-order valence-corrected chi connectivity index (χ3v) is 3.68. The van der Waals surface area contributed by atoms with E-state index in [1.807, 2.05) is 6.07 Å². The Hall–Kier alpha value is -0.610. The van der Waals surface area contributed by atoms with Crippen LogP contribution in [0.3, 0.4) is 0 Å². The molecule has 2 unspecified atom stereocenters. The quantitative estimate of drug-likeness (QED) is 0.886. The largest absolute Gasteiger partial charge is 0.384 e. The number of hydrogen-bond donors (Lipinski definition) is 2. The maximum atomic E-state index is 6.02. The lowest BCUT2D eigenvalue weighted by molar-refractivity contribution is 0.505. The number of pyridine rings is 1. The van der Waals surface area contributed by atoms with E-state index in [1.54, 1.807) is 12.4 Å². The second-order valence-corrected chi connectivity index (χ2v) is 4.95. The standard InChI is InChI=1S/C11H16BrN3/c12-9-7-14-5-4-11(9)15-6-8-2-1-3-10(8)13/h4-5,7-8,10H,1-3,6,13H2,(H,14,15). The summed E-state index contributed by atoms with van der Waals surface area (Å²) >= 11 is 3.46. The van der Waals surface area contributed by atoms with Crippen molar-refractivity contribution >= 4 is 21.6 Å². The number of anilines is 1. The molecule has 2 atom stereocenters. The van der Waals surface area contributed by atoms with Crippen LogP contribution in [-0.2, 0) is 0 Å². The maximum Gasteiger partial charge on any atom is 0.0590 e. The summed E-state index contributed by atoms with van der Waals surface area (Å²) in [6.07, 6.45) is 7.28. The summed E-state index contributed by atoms with van der Waals surface area (Å²) in [5.41, 5.74) is 7.12. The first kappa shape index (κ1) is 10.9. The molecule has 1 aromatic heterocycles. The Morgan fingerprint density at radius 3 is 3.07 bits per heavy atom. The van der Waals surface area contributed by atoms with Gasteiger partial charge in [0.1, 0.15) is 0 Å². The highest BCUT2D eigenvalue weighted by Gasteiger charge is 2.23. The molecule has 1 aliphatic carbocycles. The number of hydrogen-bond acceptors (Lipinski definition) is 3. The fraction of sp³-hybridized carbons (Fsp3) is 0.545. The minimum absolute atomic E-state index is 0.373. The maximum absolute atomic E-state index is 6.02. The molecule has 3 nitrogen and oxygen atoms in total. The molecule has 3 N–H and O–H groups in total. The van der Waals surface area contributed by atoms with E-state index in [0.717, 1.165) is 16.7 Å². The number of nitrogens with zero attached hydrogens (tertiary/aromatic N) is 1. The third-order valence-electron chi connectivity index (χ3n) is 3.05. The second kappa shape index (κ2) is 4.94. The predicted octanol–water partition coefficient (Wildman–Crippen LogP) is 2.38. The van der Waals surface area contributed by atoms with Gasteiger partial charge in [-0.2, -0.15) is 0 Å². The third kappa shape index (κ3) is 2.69. The molecular formula is C11H16BrN3. The van der Waals surface area contributed by atoms with Crippen LogP contribution in [0.1, 0.15) is 19.3 Å². The topological polar surface area (TPSA) is 50.9 Å². The molecule has 1 aliphatic rings. The molecule has 0 aromatic carbocycles. The highest BCUT2D eigenvalue weighted by molar-refractivity contribution is 9.10. The van der Waals surface area contributed by atoms with Gasteiger partial charge in [-0.05, 0) is 40.8 Å². The summed E-state index contributed by atoms with van der Waals surface area (Å²) in [6, 6.07) is 2.35. The molecule has 2 rings (SSSR count). The monoisotopic (exact) mass is 269 g/mol. The first-order valence-corrected chi connectivity index (χ1v) is 6.15. The molecule has 0 saturated heterocycles. The number of nitrogens with two attached hydrogens (primary N) is 1. The average Bonchev–Trinajstić information content (AvgIpc) is 2.63. The van der Waals surface area contributed by atoms with Gasteiger partial charge in [0, 0.05) is 25.0 Å². The molecule has 1 fully saturated rings. The van der Waals surface area contributed by atoms with Crippen molar-refractivity contribution in [2.45, 2.75) is 25.3 Å². The Bertz CT molecular complexity index is 329. The zero-order valence-electron chi connectivity index (χ0n) is 8.62. The lowest BCUT2D eigenvalue weighted by Gasteiger charge is -2.17. The molecule has 0 amide bonds. The average molecular weight is 270 g/mol. The molecule has 1 saturated carbocycles. The highest BCUT2D eigenvalue weighted by atomic mass is 79.9. The SMILES string of the molecule is NC1CCCC1CNc1ccncc1Br. The first-order chi connectivity index (χ1) is 7.27. The van der Waals surface area contributed by atoms with Crippen molar-refractivity contribution in [1.29, 1.82) is 0 Å². The van der Waals surface area contributed by atoms with E-state index in [0.29, 0.717) is 12.0 Å². The zero-order chi connectivity index (χ0) is 10.7. The molecule has 0 radical (unpaired) electrons. The van der Waals surface area contributed by atoms with Gasteiger partial charge in [0.15, 0.2) is 0 Å². The van der Waals surface area contributed by atoms with Crippen molar-refractivity contribution in [3.63, 3.8) is 0 Å². The van der Waals surface area contributed by atoms with E-state index in [-0.39, 0.29) is 0 Å². The van der Waals surface area contributed by atoms with Crippen LogP contribution in [0.15, 0.2) is 22.9 Å². The van der Waals surface area contributed by atoms with Gasteiger partial charge in [-0.15, -0.1) is 0 Å². The Labute approximate surface area is 98.6 Å². The van der Waals surface area contributed by atoms with Crippen LogP contribution in [0.4, 0.5) is 5.69 Å². The first-order valence-electron chi connectivity index (χ1n) is 5.36. The number of rotatable bonds is 3. The minimum atomic E-state index is 0.373. The molecule has 0 aliphatic heterocycles. The molecule has 0 spiro atoms. The van der Waals surface area contributed by atoms with E-state index >= 15 is 0 Å². The van der Waals surface area contributed by atoms with Gasteiger partial charge >= 0.3 is 0 Å². The second-order valence-electron chi connectivity index (χ2n) is 4.09. The Kier molecular flexibility index (Phi) is 3.59. The summed E-state index contributed by atoms with van der Waals surface area (Å²) < 4.78 is 1.01. The summed E-state index contributed by atoms with van der Waals surface area (Å²) in [5, 5.41) is 3.42. The van der Waals surface area contributed by atoms with Gasteiger partial charge in [-0.3, -0.25) is 4.98 Å². The van der Waals surface area contributed by atoms with Crippen molar-refractivity contribution in [3.05, 3.63) is 22.9 Å².